The average molecular weight is 300 g/mol. The maximum Gasteiger partial charge on any atom is 0.257 e. The molecule has 0 aliphatic heterocycles. The van der Waals surface area contributed by atoms with Crippen LogP contribution in [-0.4, -0.2) is 30.3 Å². The largest absolute Gasteiger partial charge is 0.469 e. The molecule has 2 rings (SSSR count). The fourth-order valence-corrected chi connectivity index (χ4v) is 2.24. The van der Waals surface area contributed by atoms with Crippen molar-refractivity contribution in [3.63, 3.8) is 0 Å². The molecular formula is C17H20N2O3. The van der Waals surface area contributed by atoms with Crippen LogP contribution in [0, 0.1) is 6.92 Å². The van der Waals surface area contributed by atoms with E-state index in [0.717, 1.165) is 17.7 Å². The summed E-state index contributed by atoms with van der Waals surface area (Å²) in [5, 5.41) is 2.85. The quantitative estimate of drug-likeness (QED) is 0.923. The Balaban J connectivity index is 2.00. The summed E-state index contributed by atoms with van der Waals surface area (Å²) in [6.07, 6.45) is 2.30. The third kappa shape index (κ3) is 3.55. The maximum atomic E-state index is 12.2. The Morgan fingerprint density at radius 3 is 2.59 bits per heavy atom. The van der Waals surface area contributed by atoms with Gasteiger partial charge in [-0.3, -0.25) is 9.59 Å². The van der Waals surface area contributed by atoms with Crippen LogP contribution in [0.2, 0.25) is 0 Å². The van der Waals surface area contributed by atoms with E-state index in [9.17, 15) is 9.59 Å². The molecule has 2 aromatic rings. The zero-order valence-electron chi connectivity index (χ0n) is 13.1. The summed E-state index contributed by atoms with van der Waals surface area (Å²) in [6.45, 7) is 3.74. The first-order valence-corrected chi connectivity index (χ1v) is 7.20. The Kier molecular flexibility index (Phi) is 4.99. The lowest BCUT2D eigenvalue weighted by molar-refractivity contribution is -0.116. The minimum absolute atomic E-state index is 0.0124. The third-order valence-electron chi connectivity index (χ3n) is 3.49. The molecule has 1 aromatic carbocycles. The highest BCUT2D eigenvalue weighted by Crippen LogP contribution is 2.16. The molecule has 1 N–H and O–H groups in total. The number of benzene rings is 1. The summed E-state index contributed by atoms with van der Waals surface area (Å²) < 4.78 is 5.12. The topological polar surface area (TPSA) is 62.6 Å². The number of furan rings is 1. The van der Waals surface area contributed by atoms with Gasteiger partial charge in [0.25, 0.3) is 5.91 Å². The Morgan fingerprint density at radius 1 is 1.23 bits per heavy atom. The van der Waals surface area contributed by atoms with Crippen LogP contribution >= 0.6 is 0 Å². The van der Waals surface area contributed by atoms with E-state index in [0.29, 0.717) is 11.3 Å². The van der Waals surface area contributed by atoms with Gasteiger partial charge in [0.1, 0.15) is 5.76 Å². The molecule has 0 atom stereocenters. The number of hydrogen-bond donors (Lipinski definition) is 1. The molecule has 22 heavy (non-hydrogen) atoms. The number of rotatable bonds is 5. The van der Waals surface area contributed by atoms with Crippen LogP contribution in [0.1, 0.15) is 28.6 Å². The molecule has 5 heteroatoms. The summed E-state index contributed by atoms with van der Waals surface area (Å²) in [5.41, 5.74) is 2.33. The van der Waals surface area contributed by atoms with Gasteiger partial charge in [0, 0.05) is 12.7 Å². The minimum Gasteiger partial charge on any atom is -0.469 e. The Bertz CT molecular complexity index is 676. The van der Waals surface area contributed by atoms with Crippen molar-refractivity contribution in [2.45, 2.75) is 20.3 Å². The van der Waals surface area contributed by atoms with E-state index in [1.165, 1.54) is 11.2 Å². The lowest BCUT2D eigenvalue weighted by atomic mass is 10.1. The van der Waals surface area contributed by atoms with Gasteiger partial charge < -0.3 is 14.6 Å². The van der Waals surface area contributed by atoms with Crippen molar-refractivity contribution in [1.29, 1.82) is 0 Å². The number of anilines is 1. The Labute approximate surface area is 129 Å². The van der Waals surface area contributed by atoms with Crippen LogP contribution in [0.15, 0.2) is 41.0 Å². The standard InChI is InChI=1S/C17H20N2O3/c1-4-13-7-5-6-8-15(13)18-16(20)11-19(3)17(21)14-9-10-22-12(14)2/h5-10H,4,11H2,1-3H3,(H,18,20). The minimum atomic E-state index is -0.231. The molecular weight excluding hydrogens is 280 g/mol. The second-order valence-electron chi connectivity index (χ2n) is 5.11. The van der Waals surface area contributed by atoms with E-state index in [-0.39, 0.29) is 18.4 Å². The normalized spacial score (nSPS) is 10.3. The molecule has 0 unspecified atom stereocenters. The number of hydrogen-bond acceptors (Lipinski definition) is 3. The number of amides is 2. The van der Waals surface area contributed by atoms with E-state index < -0.39 is 0 Å². The second kappa shape index (κ2) is 6.93. The summed E-state index contributed by atoms with van der Waals surface area (Å²) >= 11 is 0. The number of likely N-dealkylation sites (N-methyl/N-ethyl adjacent to an activating group) is 1. The number of para-hydroxylation sites is 1. The first-order valence-electron chi connectivity index (χ1n) is 7.20. The van der Waals surface area contributed by atoms with E-state index in [4.69, 9.17) is 4.42 Å². The maximum absolute atomic E-state index is 12.2. The monoisotopic (exact) mass is 300 g/mol. The van der Waals surface area contributed by atoms with E-state index >= 15 is 0 Å². The molecule has 0 saturated heterocycles. The zero-order valence-corrected chi connectivity index (χ0v) is 13.1. The van der Waals surface area contributed by atoms with Gasteiger partial charge in [0.15, 0.2) is 0 Å². The van der Waals surface area contributed by atoms with Crippen molar-refractivity contribution in [1.82, 2.24) is 4.90 Å². The number of aryl methyl sites for hydroxylation is 2. The average Bonchev–Trinajstić information content (AvgIpc) is 2.93. The second-order valence-corrected chi connectivity index (χ2v) is 5.11. The van der Waals surface area contributed by atoms with Gasteiger partial charge in [-0.05, 0) is 31.0 Å². The van der Waals surface area contributed by atoms with Gasteiger partial charge in [-0.1, -0.05) is 25.1 Å². The van der Waals surface area contributed by atoms with Gasteiger partial charge in [-0.25, -0.2) is 0 Å². The summed E-state index contributed by atoms with van der Waals surface area (Å²) in [4.78, 5) is 25.7. The molecule has 1 heterocycles. The smallest absolute Gasteiger partial charge is 0.257 e. The van der Waals surface area contributed by atoms with Gasteiger partial charge in [0.2, 0.25) is 5.91 Å². The van der Waals surface area contributed by atoms with E-state index in [1.807, 2.05) is 31.2 Å². The van der Waals surface area contributed by atoms with Gasteiger partial charge in [0.05, 0.1) is 18.4 Å². The summed E-state index contributed by atoms with van der Waals surface area (Å²) in [5.74, 6) is 0.0941. The predicted octanol–water partition coefficient (Wildman–Crippen LogP) is 2.86. The molecule has 0 aliphatic carbocycles. The first kappa shape index (κ1) is 15.8. The van der Waals surface area contributed by atoms with E-state index in [2.05, 4.69) is 5.32 Å². The molecule has 0 fully saturated rings. The van der Waals surface area contributed by atoms with E-state index in [1.54, 1.807) is 20.0 Å². The van der Waals surface area contributed by atoms with Crippen LogP contribution in [0.4, 0.5) is 5.69 Å². The fraction of sp³-hybridized carbons (Fsp3) is 0.294. The van der Waals surface area contributed by atoms with Crippen molar-refractivity contribution in [3.8, 4) is 0 Å². The molecule has 5 nitrogen and oxygen atoms in total. The SMILES string of the molecule is CCc1ccccc1NC(=O)CN(C)C(=O)c1ccoc1C. The van der Waals surface area contributed by atoms with Crippen LogP contribution < -0.4 is 5.32 Å². The third-order valence-corrected chi connectivity index (χ3v) is 3.49. The number of carbonyl (C=O) groups excluding carboxylic acids is 2. The van der Waals surface area contributed by atoms with Crippen molar-refractivity contribution >= 4 is 17.5 Å². The highest BCUT2D eigenvalue weighted by Gasteiger charge is 2.18. The first-order chi connectivity index (χ1) is 10.5. The van der Waals surface area contributed by atoms with Crippen molar-refractivity contribution in [3.05, 3.63) is 53.5 Å². The molecule has 0 aliphatic rings. The lowest BCUT2D eigenvalue weighted by Gasteiger charge is -2.17. The van der Waals surface area contributed by atoms with Gasteiger partial charge in [-0.2, -0.15) is 0 Å². The van der Waals surface area contributed by atoms with Crippen molar-refractivity contribution in [2.75, 3.05) is 18.9 Å². The zero-order chi connectivity index (χ0) is 16.1. The lowest BCUT2D eigenvalue weighted by Crippen LogP contribution is -2.35. The van der Waals surface area contributed by atoms with Crippen LogP contribution in [-0.2, 0) is 11.2 Å². The summed E-state index contributed by atoms with van der Waals surface area (Å²) in [7, 11) is 1.60. The molecule has 0 spiro atoms. The highest BCUT2D eigenvalue weighted by molar-refractivity contribution is 5.99. The molecule has 2 amide bonds. The Morgan fingerprint density at radius 2 is 1.95 bits per heavy atom. The number of carbonyl (C=O) groups is 2. The summed E-state index contributed by atoms with van der Waals surface area (Å²) in [6, 6.07) is 9.25. The number of nitrogens with one attached hydrogen (secondary N) is 1. The Hall–Kier alpha value is -2.56. The predicted molar refractivity (Wildman–Crippen MR) is 84.9 cm³/mol. The molecule has 1 aromatic heterocycles. The molecule has 116 valence electrons. The van der Waals surface area contributed by atoms with Crippen LogP contribution in [0.25, 0.3) is 0 Å². The van der Waals surface area contributed by atoms with Gasteiger partial charge >= 0.3 is 0 Å². The van der Waals surface area contributed by atoms with Crippen LogP contribution in [0.5, 0.6) is 0 Å². The fourth-order valence-electron chi connectivity index (χ4n) is 2.24. The molecule has 0 bridgehead atoms. The van der Waals surface area contributed by atoms with Crippen molar-refractivity contribution < 1.29 is 14.0 Å². The van der Waals surface area contributed by atoms with Crippen molar-refractivity contribution in [2.24, 2.45) is 0 Å². The number of nitrogens with zero attached hydrogens (tertiary/aromatic N) is 1. The highest BCUT2D eigenvalue weighted by atomic mass is 16.3. The molecule has 0 saturated carbocycles. The molecule has 0 radical (unpaired) electrons. The van der Waals surface area contributed by atoms with Crippen LogP contribution in [0.3, 0.4) is 0 Å². The van der Waals surface area contributed by atoms with Gasteiger partial charge in [-0.15, -0.1) is 0 Å².